The van der Waals surface area contributed by atoms with Crippen LogP contribution < -0.4 is 0 Å². The van der Waals surface area contributed by atoms with Crippen molar-refractivity contribution in [1.82, 2.24) is 4.90 Å². The van der Waals surface area contributed by atoms with Gasteiger partial charge in [-0.05, 0) is 63.7 Å². The van der Waals surface area contributed by atoms with Crippen LogP contribution in [-0.4, -0.2) is 40.0 Å². The van der Waals surface area contributed by atoms with E-state index in [1.165, 1.54) is 55.6 Å². The van der Waals surface area contributed by atoms with E-state index in [-0.39, 0.29) is 11.4 Å². The molecular weight excluding hydrogens is 437 g/mol. The summed E-state index contributed by atoms with van der Waals surface area (Å²) in [6.07, 6.45) is 12.3. The van der Waals surface area contributed by atoms with Gasteiger partial charge in [-0.15, -0.1) is 0 Å². The molecule has 3 nitrogen and oxygen atoms in total. The summed E-state index contributed by atoms with van der Waals surface area (Å²) in [4.78, 5) is 15.1. The summed E-state index contributed by atoms with van der Waals surface area (Å²) in [5.41, 5.74) is 2.41. The third-order valence-corrected chi connectivity index (χ3v) is 9.31. The third kappa shape index (κ3) is 2.18. The molecule has 0 amide bonds. The largest absolute Gasteiger partial charge is 0.469 e. The van der Waals surface area contributed by atoms with Crippen molar-refractivity contribution in [3.8, 4) is 0 Å². The number of halogens is 1. The Morgan fingerprint density at radius 2 is 2.04 bits per heavy atom. The number of methoxy groups -OCH3 is 1. The molecule has 0 aromatic rings. The number of esters is 1. The van der Waals surface area contributed by atoms with Crippen molar-refractivity contribution in [1.29, 1.82) is 0 Å². The summed E-state index contributed by atoms with van der Waals surface area (Å²) in [5, 5.41) is 0. The monoisotopic (exact) mass is 471 g/mol. The van der Waals surface area contributed by atoms with Crippen LogP contribution in [0.4, 0.5) is 0 Å². The summed E-state index contributed by atoms with van der Waals surface area (Å²) < 4.78 is 6.28. The lowest BCUT2D eigenvalue weighted by molar-refractivity contribution is -0.142. The lowest BCUT2D eigenvalue weighted by atomic mass is 9.51. The molecule has 146 valence electrons. The third-order valence-electron chi connectivity index (χ3n) is 8.78. The Kier molecular flexibility index (Phi) is 4.78. The highest BCUT2D eigenvalue weighted by Crippen LogP contribution is 2.79. The van der Waals surface area contributed by atoms with Gasteiger partial charge in [0.05, 0.1) is 7.11 Å². The lowest BCUT2D eigenvalue weighted by Gasteiger charge is -2.54. The Balaban J connectivity index is 1.86. The van der Waals surface area contributed by atoms with Gasteiger partial charge < -0.3 is 4.74 Å². The molecule has 1 aliphatic carbocycles. The zero-order valence-electron chi connectivity index (χ0n) is 16.8. The maximum Gasteiger partial charge on any atom is 0.305 e. The Hall–Kier alpha value is -0.100. The lowest BCUT2D eigenvalue weighted by Crippen LogP contribution is -2.56. The molecule has 4 rings (SSSR count). The number of allylic oxidation sites excluding steroid dienone is 1. The van der Waals surface area contributed by atoms with Crippen molar-refractivity contribution < 1.29 is 9.53 Å². The van der Waals surface area contributed by atoms with Crippen molar-refractivity contribution in [2.75, 3.05) is 11.5 Å². The number of hydrogen-bond acceptors (Lipinski definition) is 3. The van der Waals surface area contributed by atoms with E-state index in [1.54, 1.807) is 0 Å². The summed E-state index contributed by atoms with van der Waals surface area (Å²) in [6.45, 7) is 7.07. The molecule has 0 aromatic heterocycles. The van der Waals surface area contributed by atoms with Crippen molar-refractivity contribution in [2.24, 2.45) is 16.7 Å². The number of hydrogen-bond donors (Lipinski definition) is 0. The molecule has 4 fully saturated rings. The molecule has 3 aliphatic heterocycles. The summed E-state index contributed by atoms with van der Waals surface area (Å²) in [7, 11) is 1.54. The first kappa shape index (κ1) is 19.2. The zero-order valence-corrected chi connectivity index (χ0v) is 19.0. The molecule has 6 atom stereocenters. The molecule has 0 radical (unpaired) electrons. The van der Waals surface area contributed by atoms with E-state index in [2.05, 4.69) is 54.3 Å². The minimum absolute atomic E-state index is 0.0307. The average Bonchev–Trinajstić information content (AvgIpc) is 3.26. The van der Waals surface area contributed by atoms with Crippen molar-refractivity contribution in [2.45, 2.75) is 89.8 Å². The van der Waals surface area contributed by atoms with Gasteiger partial charge in [0.2, 0.25) is 0 Å². The number of nitrogens with zero attached hydrogens (tertiary/aromatic N) is 1. The van der Waals surface area contributed by atoms with Gasteiger partial charge in [-0.3, -0.25) is 9.69 Å². The van der Waals surface area contributed by atoms with Crippen LogP contribution in [0.15, 0.2) is 11.6 Å². The second-order valence-electron chi connectivity index (χ2n) is 9.67. The van der Waals surface area contributed by atoms with E-state index in [1.807, 2.05) is 0 Å². The first-order valence-electron chi connectivity index (χ1n) is 10.4. The minimum Gasteiger partial charge on any atom is -0.469 e. The Morgan fingerprint density at radius 1 is 1.27 bits per heavy atom. The number of ether oxygens (including phenoxy) is 1. The van der Waals surface area contributed by atoms with Crippen LogP contribution in [0.1, 0.15) is 72.1 Å². The Labute approximate surface area is 172 Å². The van der Waals surface area contributed by atoms with Gasteiger partial charge in [0.25, 0.3) is 0 Å². The first-order valence-corrected chi connectivity index (χ1v) is 12.0. The number of carbonyl (C=O) groups is 1. The Bertz CT molecular complexity index is 630. The van der Waals surface area contributed by atoms with Gasteiger partial charge in [-0.1, -0.05) is 47.6 Å². The molecule has 0 aromatic carbocycles. The van der Waals surface area contributed by atoms with Gasteiger partial charge in [-0.2, -0.15) is 0 Å². The molecule has 4 aliphatic rings. The van der Waals surface area contributed by atoms with Crippen LogP contribution in [0, 0.1) is 16.7 Å². The highest BCUT2D eigenvalue weighted by Gasteiger charge is 2.81. The van der Waals surface area contributed by atoms with Crippen molar-refractivity contribution >= 4 is 28.6 Å². The second-order valence-corrected chi connectivity index (χ2v) is 10.8. The van der Waals surface area contributed by atoms with E-state index in [0.717, 1.165) is 12.3 Å². The van der Waals surface area contributed by atoms with Crippen LogP contribution in [-0.2, 0) is 9.53 Å². The predicted molar refractivity (Wildman–Crippen MR) is 113 cm³/mol. The van der Waals surface area contributed by atoms with Crippen LogP contribution in [0.25, 0.3) is 0 Å². The van der Waals surface area contributed by atoms with Crippen LogP contribution in [0.5, 0.6) is 0 Å². The van der Waals surface area contributed by atoms with Crippen molar-refractivity contribution in [3.05, 3.63) is 11.6 Å². The quantitative estimate of drug-likeness (QED) is 0.233. The first-order chi connectivity index (χ1) is 12.4. The molecule has 26 heavy (non-hydrogen) atoms. The van der Waals surface area contributed by atoms with E-state index in [9.17, 15) is 4.79 Å². The van der Waals surface area contributed by atoms with E-state index in [4.69, 9.17) is 4.74 Å². The van der Waals surface area contributed by atoms with Crippen LogP contribution in [0.3, 0.4) is 0 Å². The molecule has 1 spiro atoms. The summed E-state index contributed by atoms with van der Waals surface area (Å²) in [6, 6.07) is 1.22. The molecule has 3 saturated heterocycles. The topological polar surface area (TPSA) is 29.5 Å². The predicted octanol–water partition coefficient (Wildman–Crippen LogP) is 5.12. The van der Waals surface area contributed by atoms with E-state index < -0.39 is 0 Å². The smallest absolute Gasteiger partial charge is 0.305 e. The SMILES string of the molecule is COC(=O)CC[C@@]12C(C=C(C)C)N3C(CC[C@@]34CCC[C@@H]41)[C@@]2(C)CCI. The standard InChI is InChI=1S/C22H34INO2/c1-15(2)14-18-22(11-8-19(25)26-4)16-6-5-9-21(16)10-7-17(24(18)21)20(22,3)12-13-23/h14,16-18H,5-13H2,1-4H3/t16-,17?,18?,20+,21+,22-/m0/s1. The highest BCUT2D eigenvalue weighted by atomic mass is 127. The molecule has 1 saturated carbocycles. The fraction of sp³-hybridized carbons (Fsp3) is 0.864. The normalized spacial score (nSPS) is 45.8. The van der Waals surface area contributed by atoms with Gasteiger partial charge in [0.1, 0.15) is 0 Å². The highest BCUT2D eigenvalue weighted by molar-refractivity contribution is 14.1. The molecular formula is C22H34INO2. The Morgan fingerprint density at radius 3 is 2.69 bits per heavy atom. The van der Waals surface area contributed by atoms with Crippen LogP contribution >= 0.6 is 22.6 Å². The van der Waals surface area contributed by atoms with Gasteiger partial charge in [-0.25, -0.2) is 0 Å². The fourth-order valence-electron chi connectivity index (χ4n) is 8.12. The van der Waals surface area contributed by atoms with Gasteiger partial charge in [0, 0.05) is 33.9 Å². The second kappa shape index (κ2) is 6.47. The molecule has 2 bridgehead atoms. The number of alkyl halides is 1. The molecule has 3 heterocycles. The number of carbonyl (C=O) groups excluding carboxylic acids is 1. The van der Waals surface area contributed by atoms with Crippen LogP contribution in [0.2, 0.25) is 0 Å². The maximum atomic E-state index is 12.2. The fourth-order valence-corrected chi connectivity index (χ4v) is 9.24. The zero-order chi connectivity index (χ0) is 18.7. The molecule has 4 heteroatoms. The maximum absolute atomic E-state index is 12.2. The number of fused-ring (bicyclic) bond motifs is 2. The minimum atomic E-state index is -0.0307. The van der Waals surface area contributed by atoms with E-state index >= 15 is 0 Å². The van der Waals surface area contributed by atoms with Gasteiger partial charge >= 0.3 is 5.97 Å². The number of rotatable bonds is 6. The number of piperidine rings is 1. The van der Waals surface area contributed by atoms with Gasteiger partial charge in [0.15, 0.2) is 0 Å². The molecule has 2 unspecified atom stereocenters. The molecule has 0 N–H and O–H groups in total. The van der Waals surface area contributed by atoms with E-state index in [0.29, 0.717) is 29.5 Å². The van der Waals surface area contributed by atoms with Crippen molar-refractivity contribution in [3.63, 3.8) is 0 Å². The summed E-state index contributed by atoms with van der Waals surface area (Å²) in [5.74, 6) is 0.726. The average molecular weight is 471 g/mol. The summed E-state index contributed by atoms with van der Waals surface area (Å²) >= 11 is 2.57.